The molecular formula is C13H24N2O3. The van der Waals surface area contributed by atoms with E-state index in [-0.39, 0.29) is 18.5 Å². The van der Waals surface area contributed by atoms with E-state index < -0.39 is 5.97 Å². The number of carbonyl (C=O) groups excluding carboxylic acids is 1. The largest absolute Gasteiger partial charge is 0.481 e. The Morgan fingerprint density at radius 2 is 2.22 bits per heavy atom. The van der Waals surface area contributed by atoms with Crippen molar-refractivity contribution in [3.8, 4) is 0 Å². The molecule has 18 heavy (non-hydrogen) atoms. The van der Waals surface area contributed by atoms with E-state index in [4.69, 9.17) is 5.11 Å². The molecule has 2 amide bonds. The van der Waals surface area contributed by atoms with Crippen LogP contribution in [0.3, 0.4) is 0 Å². The molecule has 1 fully saturated rings. The minimum atomic E-state index is -0.819. The van der Waals surface area contributed by atoms with Crippen LogP contribution in [-0.4, -0.2) is 41.1 Å². The van der Waals surface area contributed by atoms with Gasteiger partial charge in [0.1, 0.15) is 0 Å². The number of carbonyl (C=O) groups is 2. The number of hydrogen-bond acceptors (Lipinski definition) is 2. The number of carboxylic acid groups (broad SMARTS) is 1. The van der Waals surface area contributed by atoms with Crippen LogP contribution in [0.15, 0.2) is 0 Å². The van der Waals surface area contributed by atoms with Gasteiger partial charge >= 0.3 is 12.0 Å². The first-order valence-corrected chi connectivity index (χ1v) is 6.80. The Bertz CT molecular complexity index is 294. The SMILES string of the molecule is CCCC1CCN(C(=O)NC(C)CCC(=O)O)C1. The van der Waals surface area contributed by atoms with Crippen molar-refractivity contribution in [2.75, 3.05) is 13.1 Å². The molecule has 0 bridgehead atoms. The van der Waals surface area contributed by atoms with Crippen LogP contribution in [0.4, 0.5) is 4.79 Å². The van der Waals surface area contributed by atoms with E-state index in [0.717, 1.165) is 25.9 Å². The van der Waals surface area contributed by atoms with Crippen LogP contribution < -0.4 is 5.32 Å². The molecule has 0 radical (unpaired) electrons. The van der Waals surface area contributed by atoms with Gasteiger partial charge in [0, 0.05) is 25.6 Å². The molecule has 0 aromatic heterocycles. The van der Waals surface area contributed by atoms with Gasteiger partial charge in [-0.05, 0) is 32.1 Å². The highest BCUT2D eigenvalue weighted by Crippen LogP contribution is 2.20. The van der Waals surface area contributed by atoms with E-state index in [1.807, 2.05) is 11.8 Å². The summed E-state index contributed by atoms with van der Waals surface area (Å²) in [5, 5.41) is 11.4. The van der Waals surface area contributed by atoms with E-state index >= 15 is 0 Å². The number of hydrogen-bond donors (Lipinski definition) is 2. The summed E-state index contributed by atoms with van der Waals surface area (Å²) in [6, 6.07) is -0.134. The zero-order chi connectivity index (χ0) is 13.5. The van der Waals surface area contributed by atoms with Gasteiger partial charge in [0.15, 0.2) is 0 Å². The number of amides is 2. The Labute approximate surface area is 109 Å². The third-order valence-corrected chi connectivity index (χ3v) is 3.43. The summed E-state index contributed by atoms with van der Waals surface area (Å²) < 4.78 is 0. The van der Waals surface area contributed by atoms with Crippen LogP contribution >= 0.6 is 0 Å². The molecule has 0 saturated carbocycles. The lowest BCUT2D eigenvalue weighted by Crippen LogP contribution is -2.42. The number of nitrogens with zero attached hydrogens (tertiary/aromatic N) is 1. The van der Waals surface area contributed by atoms with Gasteiger partial charge in [-0.3, -0.25) is 4.79 Å². The zero-order valence-corrected chi connectivity index (χ0v) is 11.3. The number of rotatable bonds is 6. The van der Waals surface area contributed by atoms with Crippen molar-refractivity contribution >= 4 is 12.0 Å². The molecule has 0 aromatic carbocycles. The molecule has 0 aliphatic carbocycles. The monoisotopic (exact) mass is 256 g/mol. The van der Waals surface area contributed by atoms with Crippen molar-refractivity contribution in [2.24, 2.45) is 5.92 Å². The summed E-state index contributed by atoms with van der Waals surface area (Å²) in [7, 11) is 0. The fraction of sp³-hybridized carbons (Fsp3) is 0.846. The number of carboxylic acids is 1. The fourth-order valence-electron chi connectivity index (χ4n) is 2.38. The van der Waals surface area contributed by atoms with Crippen molar-refractivity contribution < 1.29 is 14.7 Å². The normalized spacial score (nSPS) is 20.8. The van der Waals surface area contributed by atoms with E-state index in [9.17, 15) is 9.59 Å². The number of likely N-dealkylation sites (tertiary alicyclic amines) is 1. The molecule has 1 rings (SSSR count). The topological polar surface area (TPSA) is 69.6 Å². The van der Waals surface area contributed by atoms with Gasteiger partial charge in [-0.25, -0.2) is 4.79 Å². The van der Waals surface area contributed by atoms with Gasteiger partial charge < -0.3 is 15.3 Å². The third-order valence-electron chi connectivity index (χ3n) is 3.43. The maximum atomic E-state index is 11.9. The molecule has 5 nitrogen and oxygen atoms in total. The Balaban J connectivity index is 2.26. The minimum absolute atomic E-state index is 0.0495. The average molecular weight is 256 g/mol. The average Bonchev–Trinajstić information content (AvgIpc) is 2.75. The Kier molecular flexibility index (Phi) is 5.95. The molecule has 0 aromatic rings. The Morgan fingerprint density at radius 3 is 2.83 bits per heavy atom. The Hall–Kier alpha value is -1.26. The highest BCUT2D eigenvalue weighted by atomic mass is 16.4. The molecule has 104 valence electrons. The molecule has 1 saturated heterocycles. The van der Waals surface area contributed by atoms with Gasteiger partial charge in [0.2, 0.25) is 0 Å². The summed E-state index contributed by atoms with van der Waals surface area (Å²) in [5.74, 6) is -0.185. The molecule has 2 N–H and O–H groups in total. The van der Waals surface area contributed by atoms with Gasteiger partial charge in [-0.15, -0.1) is 0 Å². The van der Waals surface area contributed by atoms with Crippen molar-refractivity contribution in [3.63, 3.8) is 0 Å². The predicted octanol–water partition coefficient (Wildman–Crippen LogP) is 2.07. The summed E-state index contributed by atoms with van der Waals surface area (Å²) >= 11 is 0. The van der Waals surface area contributed by atoms with Gasteiger partial charge in [0.25, 0.3) is 0 Å². The lowest BCUT2D eigenvalue weighted by atomic mass is 10.0. The first-order valence-electron chi connectivity index (χ1n) is 6.80. The van der Waals surface area contributed by atoms with Crippen LogP contribution in [0.2, 0.25) is 0 Å². The second-order valence-corrected chi connectivity index (χ2v) is 5.17. The highest BCUT2D eigenvalue weighted by Gasteiger charge is 2.26. The van der Waals surface area contributed by atoms with Crippen LogP contribution in [-0.2, 0) is 4.79 Å². The highest BCUT2D eigenvalue weighted by molar-refractivity contribution is 5.75. The second-order valence-electron chi connectivity index (χ2n) is 5.17. The zero-order valence-electron chi connectivity index (χ0n) is 11.3. The molecule has 2 unspecified atom stereocenters. The third kappa shape index (κ3) is 4.94. The van der Waals surface area contributed by atoms with Gasteiger partial charge in [0.05, 0.1) is 0 Å². The van der Waals surface area contributed by atoms with Crippen molar-refractivity contribution in [2.45, 2.75) is 52.0 Å². The van der Waals surface area contributed by atoms with Crippen LogP contribution in [0.1, 0.15) is 46.0 Å². The lowest BCUT2D eigenvalue weighted by Gasteiger charge is -2.20. The summed E-state index contributed by atoms with van der Waals surface area (Å²) in [6.07, 6.45) is 4.01. The molecule has 1 aliphatic heterocycles. The van der Waals surface area contributed by atoms with Gasteiger partial charge in [-0.2, -0.15) is 0 Å². The second kappa shape index (κ2) is 7.24. The summed E-state index contributed by atoms with van der Waals surface area (Å²) in [5.41, 5.74) is 0. The molecular weight excluding hydrogens is 232 g/mol. The van der Waals surface area contributed by atoms with Crippen molar-refractivity contribution in [1.82, 2.24) is 10.2 Å². The molecule has 5 heteroatoms. The summed E-state index contributed by atoms with van der Waals surface area (Å²) in [4.78, 5) is 24.2. The van der Waals surface area contributed by atoms with Crippen LogP contribution in [0.5, 0.6) is 0 Å². The van der Waals surface area contributed by atoms with Crippen molar-refractivity contribution in [1.29, 1.82) is 0 Å². The first-order chi connectivity index (χ1) is 8.52. The number of nitrogens with one attached hydrogen (secondary N) is 1. The lowest BCUT2D eigenvalue weighted by molar-refractivity contribution is -0.137. The van der Waals surface area contributed by atoms with E-state index in [0.29, 0.717) is 12.3 Å². The standard InChI is InChI=1S/C13H24N2O3/c1-3-4-11-7-8-15(9-11)13(18)14-10(2)5-6-12(16)17/h10-11H,3-9H2,1-2H3,(H,14,18)(H,16,17). The molecule has 1 heterocycles. The minimum Gasteiger partial charge on any atom is -0.481 e. The maximum Gasteiger partial charge on any atom is 0.317 e. The van der Waals surface area contributed by atoms with Crippen LogP contribution in [0, 0.1) is 5.92 Å². The number of aliphatic carboxylic acids is 1. The molecule has 2 atom stereocenters. The predicted molar refractivity (Wildman–Crippen MR) is 69.5 cm³/mol. The smallest absolute Gasteiger partial charge is 0.317 e. The fourth-order valence-corrected chi connectivity index (χ4v) is 2.38. The first kappa shape index (κ1) is 14.8. The number of urea groups is 1. The quantitative estimate of drug-likeness (QED) is 0.764. The van der Waals surface area contributed by atoms with Gasteiger partial charge in [-0.1, -0.05) is 13.3 Å². The maximum absolute atomic E-state index is 11.9. The molecule has 0 spiro atoms. The summed E-state index contributed by atoms with van der Waals surface area (Å²) in [6.45, 7) is 5.67. The van der Waals surface area contributed by atoms with Crippen LogP contribution in [0.25, 0.3) is 0 Å². The Morgan fingerprint density at radius 1 is 1.50 bits per heavy atom. The van der Waals surface area contributed by atoms with E-state index in [2.05, 4.69) is 12.2 Å². The van der Waals surface area contributed by atoms with Crippen molar-refractivity contribution in [3.05, 3.63) is 0 Å². The molecule has 1 aliphatic rings. The van der Waals surface area contributed by atoms with E-state index in [1.54, 1.807) is 0 Å². The van der Waals surface area contributed by atoms with E-state index in [1.165, 1.54) is 6.42 Å².